The maximum Gasteiger partial charge on any atom is 0.336 e. The van der Waals surface area contributed by atoms with E-state index in [0.717, 1.165) is 5.56 Å². The van der Waals surface area contributed by atoms with E-state index in [2.05, 4.69) is 5.32 Å². The Morgan fingerprint density at radius 2 is 1.67 bits per heavy atom. The molecule has 2 N–H and O–H groups in total. The number of carboxylic acid groups (broad SMARTS) is 1. The molecule has 0 amide bonds. The van der Waals surface area contributed by atoms with Crippen molar-refractivity contribution in [1.29, 1.82) is 0 Å². The molecule has 0 atom stereocenters. The van der Waals surface area contributed by atoms with E-state index in [1.807, 2.05) is 0 Å². The highest BCUT2D eigenvalue weighted by Gasteiger charge is 2.08. The maximum absolute atomic E-state index is 13.4. The molecule has 2 rings (SSSR count). The van der Waals surface area contributed by atoms with Gasteiger partial charge in [-0.05, 0) is 36.2 Å². The van der Waals surface area contributed by atoms with E-state index in [1.54, 1.807) is 42.5 Å². The Balaban J connectivity index is 0.00000220. The van der Waals surface area contributed by atoms with Crippen molar-refractivity contribution in [2.75, 3.05) is 6.54 Å². The second-order valence-electron chi connectivity index (χ2n) is 4.48. The van der Waals surface area contributed by atoms with E-state index in [0.29, 0.717) is 30.6 Å². The molecule has 0 fully saturated rings. The van der Waals surface area contributed by atoms with Crippen LogP contribution in [0.1, 0.15) is 21.5 Å². The van der Waals surface area contributed by atoms with Crippen molar-refractivity contribution in [2.45, 2.75) is 13.0 Å². The second-order valence-corrected chi connectivity index (χ2v) is 4.48. The third-order valence-electron chi connectivity index (χ3n) is 3.09. The highest BCUT2D eigenvalue weighted by atomic mass is 35.5. The molecule has 0 unspecified atom stereocenters. The smallest absolute Gasteiger partial charge is 0.336 e. The van der Waals surface area contributed by atoms with Gasteiger partial charge in [0.2, 0.25) is 0 Å². The fourth-order valence-electron chi connectivity index (χ4n) is 2.03. The molecule has 0 aliphatic carbocycles. The molecular weight excluding hydrogens is 293 g/mol. The molecule has 0 aromatic heterocycles. The summed E-state index contributed by atoms with van der Waals surface area (Å²) in [5.41, 5.74) is 1.69. The third-order valence-corrected chi connectivity index (χ3v) is 3.09. The lowest BCUT2D eigenvalue weighted by Gasteiger charge is -2.08. The van der Waals surface area contributed by atoms with Gasteiger partial charge in [0.1, 0.15) is 5.82 Å². The summed E-state index contributed by atoms with van der Waals surface area (Å²) >= 11 is 0. The zero-order valence-corrected chi connectivity index (χ0v) is 12.2. The van der Waals surface area contributed by atoms with Gasteiger partial charge < -0.3 is 10.4 Å². The third kappa shape index (κ3) is 4.85. The van der Waals surface area contributed by atoms with Gasteiger partial charge in [0.05, 0.1) is 5.56 Å². The van der Waals surface area contributed by atoms with Crippen LogP contribution in [-0.2, 0) is 13.0 Å². The van der Waals surface area contributed by atoms with Gasteiger partial charge in [-0.1, -0.05) is 36.4 Å². The molecule has 112 valence electrons. The minimum atomic E-state index is -0.934. The number of hydrogen-bond acceptors (Lipinski definition) is 2. The van der Waals surface area contributed by atoms with Crippen molar-refractivity contribution in [2.24, 2.45) is 0 Å². The summed E-state index contributed by atoms with van der Waals surface area (Å²) in [6.45, 7) is 1.05. The van der Waals surface area contributed by atoms with Crippen molar-refractivity contribution < 1.29 is 14.3 Å². The summed E-state index contributed by atoms with van der Waals surface area (Å²) in [5.74, 6) is -1.14. The summed E-state index contributed by atoms with van der Waals surface area (Å²) in [5, 5.41) is 12.2. The van der Waals surface area contributed by atoms with Crippen LogP contribution in [0.15, 0.2) is 48.5 Å². The zero-order valence-electron chi connectivity index (χ0n) is 11.4. The number of benzene rings is 2. The molecule has 5 heteroatoms. The fraction of sp³-hybridized carbons (Fsp3) is 0.188. The summed E-state index contributed by atoms with van der Waals surface area (Å²) < 4.78 is 13.4. The minimum Gasteiger partial charge on any atom is -0.478 e. The SMILES string of the molecule is Cl.O=C(O)c1ccccc1CNCCc1ccccc1F. The van der Waals surface area contributed by atoms with Gasteiger partial charge in [0, 0.05) is 6.54 Å². The maximum atomic E-state index is 13.4. The summed E-state index contributed by atoms with van der Waals surface area (Å²) in [7, 11) is 0. The Kier molecular flexibility index (Phi) is 6.85. The van der Waals surface area contributed by atoms with Crippen molar-refractivity contribution >= 4 is 18.4 Å². The first-order valence-electron chi connectivity index (χ1n) is 6.44. The van der Waals surface area contributed by atoms with Gasteiger partial charge in [0.15, 0.2) is 0 Å². The van der Waals surface area contributed by atoms with E-state index in [-0.39, 0.29) is 18.2 Å². The van der Waals surface area contributed by atoms with Gasteiger partial charge in [-0.3, -0.25) is 0 Å². The van der Waals surface area contributed by atoms with E-state index in [4.69, 9.17) is 5.11 Å². The fourth-order valence-corrected chi connectivity index (χ4v) is 2.03. The molecule has 0 spiro atoms. The van der Waals surface area contributed by atoms with Crippen LogP contribution in [0.25, 0.3) is 0 Å². The molecule has 2 aromatic carbocycles. The Labute approximate surface area is 129 Å². The van der Waals surface area contributed by atoms with Gasteiger partial charge in [-0.2, -0.15) is 0 Å². The first kappa shape index (κ1) is 17.1. The monoisotopic (exact) mass is 309 g/mol. The molecule has 0 radical (unpaired) electrons. The summed E-state index contributed by atoms with van der Waals surface area (Å²) in [6, 6.07) is 13.5. The van der Waals surface area contributed by atoms with Crippen LogP contribution < -0.4 is 5.32 Å². The Bertz CT molecular complexity index is 604. The number of hydrogen-bond donors (Lipinski definition) is 2. The lowest BCUT2D eigenvalue weighted by molar-refractivity contribution is 0.0695. The van der Waals surface area contributed by atoms with Gasteiger partial charge in [-0.15, -0.1) is 12.4 Å². The van der Waals surface area contributed by atoms with Crippen LogP contribution in [-0.4, -0.2) is 17.6 Å². The van der Waals surface area contributed by atoms with Gasteiger partial charge >= 0.3 is 5.97 Å². The molecule has 2 aromatic rings. The van der Waals surface area contributed by atoms with Crippen LogP contribution in [0.5, 0.6) is 0 Å². The molecule has 0 saturated carbocycles. The number of nitrogens with one attached hydrogen (secondary N) is 1. The normalized spacial score (nSPS) is 9.95. The lowest BCUT2D eigenvalue weighted by Crippen LogP contribution is -2.19. The van der Waals surface area contributed by atoms with Crippen molar-refractivity contribution in [3.05, 3.63) is 71.0 Å². The highest BCUT2D eigenvalue weighted by Crippen LogP contribution is 2.09. The lowest BCUT2D eigenvalue weighted by atomic mass is 10.1. The zero-order chi connectivity index (χ0) is 14.4. The van der Waals surface area contributed by atoms with Crippen LogP contribution in [0.3, 0.4) is 0 Å². The first-order chi connectivity index (χ1) is 9.68. The average molecular weight is 310 g/mol. The topological polar surface area (TPSA) is 49.3 Å². The first-order valence-corrected chi connectivity index (χ1v) is 6.44. The Morgan fingerprint density at radius 3 is 2.33 bits per heavy atom. The molecule has 3 nitrogen and oxygen atoms in total. The van der Waals surface area contributed by atoms with Crippen molar-refractivity contribution in [1.82, 2.24) is 5.32 Å². The quantitative estimate of drug-likeness (QED) is 0.805. The van der Waals surface area contributed by atoms with E-state index < -0.39 is 5.97 Å². The highest BCUT2D eigenvalue weighted by molar-refractivity contribution is 5.89. The van der Waals surface area contributed by atoms with Crippen LogP contribution >= 0.6 is 12.4 Å². The van der Waals surface area contributed by atoms with E-state index in [1.165, 1.54) is 6.07 Å². The summed E-state index contributed by atoms with van der Waals surface area (Å²) in [6.07, 6.45) is 0.571. The number of carboxylic acids is 1. The van der Waals surface area contributed by atoms with E-state index in [9.17, 15) is 9.18 Å². The molecule has 21 heavy (non-hydrogen) atoms. The van der Waals surface area contributed by atoms with Crippen LogP contribution in [0, 0.1) is 5.82 Å². The Hall–Kier alpha value is -1.91. The molecule has 0 saturated heterocycles. The molecule has 0 aliphatic heterocycles. The predicted molar refractivity (Wildman–Crippen MR) is 82.5 cm³/mol. The molecule has 0 heterocycles. The predicted octanol–water partition coefficient (Wildman–Crippen LogP) is 3.28. The van der Waals surface area contributed by atoms with Crippen molar-refractivity contribution in [3.63, 3.8) is 0 Å². The Morgan fingerprint density at radius 1 is 1.05 bits per heavy atom. The number of halogens is 2. The molecule has 0 aliphatic rings. The molecule has 0 bridgehead atoms. The van der Waals surface area contributed by atoms with Crippen molar-refractivity contribution in [3.8, 4) is 0 Å². The number of carbonyl (C=O) groups is 1. The van der Waals surface area contributed by atoms with Gasteiger partial charge in [-0.25, -0.2) is 9.18 Å². The number of rotatable bonds is 6. The minimum absolute atomic E-state index is 0. The standard InChI is InChI=1S/C16H16FNO2.ClH/c17-15-8-4-2-5-12(15)9-10-18-11-13-6-1-3-7-14(13)16(19)20;/h1-8,18H,9-11H2,(H,19,20);1H. The average Bonchev–Trinajstić information content (AvgIpc) is 2.45. The largest absolute Gasteiger partial charge is 0.478 e. The summed E-state index contributed by atoms with van der Waals surface area (Å²) in [4.78, 5) is 11.0. The van der Waals surface area contributed by atoms with Crippen LogP contribution in [0.2, 0.25) is 0 Å². The molecular formula is C16H17ClFNO2. The number of aromatic carboxylic acids is 1. The van der Waals surface area contributed by atoms with Gasteiger partial charge in [0.25, 0.3) is 0 Å². The van der Waals surface area contributed by atoms with E-state index >= 15 is 0 Å². The van der Waals surface area contributed by atoms with Crippen LogP contribution in [0.4, 0.5) is 4.39 Å². The second kappa shape index (κ2) is 8.39.